The summed E-state index contributed by atoms with van der Waals surface area (Å²) in [7, 11) is -4.00. The van der Waals surface area contributed by atoms with Crippen LogP contribution in [0.2, 0.25) is 0 Å². The fourth-order valence-corrected chi connectivity index (χ4v) is 3.41. The van der Waals surface area contributed by atoms with Crippen molar-refractivity contribution >= 4 is 10.0 Å². The van der Waals surface area contributed by atoms with Crippen molar-refractivity contribution in [2.75, 3.05) is 6.54 Å². The summed E-state index contributed by atoms with van der Waals surface area (Å²) >= 11 is 0. The van der Waals surface area contributed by atoms with Crippen molar-refractivity contribution in [3.05, 3.63) is 30.3 Å². The second-order valence-corrected chi connectivity index (χ2v) is 6.60. The number of rotatable bonds is 3. The molecule has 0 aromatic heterocycles. The number of hydrogen-bond acceptors (Lipinski definition) is 3. The number of nitrogens with zero attached hydrogens (tertiary/aromatic N) is 1. The van der Waals surface area contributed by atoms with E-state index in [4.69, 9.17) is 0 Å². The predicted octanol–water partition coefficient (Wildman–Crippen LogP) is 2.30. The van der Waals surface area contributed by atoms with E-state index in [1.807, 2.05) is 0 Å². The number of alkyl halides is 3. The van der Waals surface area contributed by atoms with Crippen LogP contribution in [0.3, 0.4) is 0 Å². The highest BCUT2D eigenvalue weighted by molar-refractivity contribution is 7.89. The Balaban J connectivity index is 2.26. The molecule has 0 amide bonds. The maximum Gasteiger partial charge on any atom is 0.407 e. The molecule has 1 aliphatic heterocycles. The third kappa shape index (κ3) is 2.68. The molecule has 1 aromatic carbocycles. The summed E-state index contributed by atoms with van der Waals surface area (Å²) in [4.78, 5) is 2.00. The average molecular weight is 308 g/mol. The molecular formula is C12H15F3N2O2S. The maximum atomic E-state index is 13.1. The number of nitrogens with one attached hydrogen (secondary N) is 1. The second-order valence-electron chi connectivity index (χ2n) is 4.93. The molecule has 20 heavy (non-hydrogen) atoms. The lowest BCUT2D eigenvalue weighted by atomic mass is 10.00. The highest BCUT2D eigenvalue weighted by Crippen LogP contribution is 2.42. The summed E-state index contributed by atoms with van der Waals surface area (Å²) < 4.78 is 63.5. The Kier molecular flexibility index (Phi) is 3.83. The lowest BCUT2D eigenvalue weighted by Gasteiger charge is -2.36. The molecule has 2 rings (SSSR count). The fraction of sp³-hybridized carbons (Fsp3) is 0.500. The van der Waals surface area contributed by atoms with Gasteiger partial charge in [-0.3, -0.25) is 0 Å². The van der Waals surface area contributed by atoms with Crippen LogP contribution in [0.5, 0.6) is 0 Å². The van der Waals surface area contributed by atoms with Crippen molar-refractivity contribution < 1.29 is 21.6 Å². The summed E-state index contributed by atoms with van der Waals surface area (Å²) in [6.45, 7) is 1.04. The first-order valence-corrected chi connectivity index (χ1v) is 7.57. The summed E-state index contributed by atoms with van der Waals surface area (Å²) in [5, 5.41) is 0.773. The molecule has 0 saturated carbocycles. The fourth-order valence-electron chi connectivity index (χ4n) is 2.20. The van der Waals surface area contributed by atoms with Gasteiger partial charge >= 0.3 is 6.18 Å². The zero-order valence-electron chi connectivity index (χ0n) is 10.8. The van der Waals surface area contributed by atoms with E-state index < -0.39 is 21.7 Å². The van der Waals surface area contributed by atoms with E-state index in [2.05, 4.69) is 4.83 Å². The molecule has 1 heterocycles. The topological polar surface area (TPSA) is 49.4 Å². The van der Waals surface area contributed by atoms with Gasteiger partial charge in [-0.05, 0) is 31.9 Å². The van der Waals surface area contributed by atoms with E-state index in [9.17, 15) is 21.6 Å². The van der Waals surface area contributed by atoms with Crippen molar-refractivity contribution in [3.63, 3.8) is 0 Å². The predicted molar refractivity (Wildman–Crippen MR) is 67.2 cm³/mol. The number of benzene rings is 1. The van der Waals surface area contributed by atoms with Gasteiger partial charge in [-0.2, -0.15) is 13.2 Å². The minimum Gasteiger partial charge on any atom is -0.216 e. The van der Waals surface area contributed by atoms with Gasteiger partial charge in [0.1, 0.15) is 5.54 Å². The minimum atomic E-state index is -4.50. The molecule has 112 valence electrons. The zero-order valence-corrected chi connectivity index (χ0v) is 11.6. The molecule has 0 aliphatic carbocycles. The van der Waals surface area contributed by atoms with E-state index in [1.54, 1.807) is 6.07 Å². The minimum absolute atomic E-state index is 0.0298. The van der Waals surface area contributed by atoms with E-state index in [-0.39, 0.29) is 24.3 Å². The number of hydrogen-bond donors (Lipinski definition) is 1. The van der Waals surface area contributed by atoms with Crippen LogP contribution < -0.4 is 4.83 Å². The van der Waals surface area contributed by atoms with Crippen LogP contribution >= 0.6 is 0 Å². The SMILES string of the molecule is C[C@]1(C(F)(F)F)CCCN1NS(=O)(=O)c1ccccc1. The van der Waals surface area contributed by atoms with Crippen LogP contribution in [0, 0.1) is 0 Å². The number of sulfonamides is 1. The smallest absolute Gasteiger partial charge is 0.216 e. The monoisotopic (exact) mass is 308 g/mol. The van der Waals surface area contributed by atoms with Crippen LogP contribution in [0.25, 0.3) is 0 Å². The molecule has 1 saturated heterocycles. The van der Waals surface area contributed by atoms with Gasteiger partial charge in [0.2, 0.25) is 0 Å². The van der Waals surface area contributed by atoms with Gasteiger partial charge < -0.3 is 0 Å². The lowest BCUT2D eigenvalue weighted by molar-refractivity contribution is -0.221. The van der Waals surface area contributed by atoms with Gasteiger partial charge in [0.25, 0.3) is 10.0 Å². The van der Waals surface area contributed by atoms with Crippen molar-refractivity contribution in [1.82, 2.24) is 9.84 Å². The molecule has 0 bridgehead atoms. The Labute approximate surface area is 115 Å². The third-order valence-electron chi connectivity index (χ3n) is 3.54. The van der Waals surface area contributed by atoms with Crippen LogP contribution in [0.4, 0.5) is 13.2 Å². The first kappa shape index (κ1) is 15.3. The summed E-state index contributed by atoms with van der Waals surface area (Å²) in [6.07, 6.45) is -4.34. The van der Waals surface area contributed by atoms with Gasteiger partial charge in [0.15, 0.2) is 0 Å². The van der Waals surface area contributed by atoms with Crippen LogP contribution in [0.1, 0.15) is 19.8 Å². The first-order valence-electron chi connectivity index (χ1n) is 6.09. The number of hydrazine groups is 1. The van der Waals surface area contributed by atoms with E-state index in [1.165, 1.54) is 24.3 Å². The first-order chi connectivity index (χ1) is 9.17. The molecule has 1 N–H and O–H groups in total. The lowest BCUT2D eigenvalue weighted by Crippen LogP contribution is -2.59. The Hall–Kier alpha value is -1.12. The van der Waals surface area contributed by atoms with E-state index in [0.29, 0.717) is 0 Å². The highest BCUT2D eigenvalue weighted by Gasteiger charge is 2.57. The average Bonchev–Trinajstić information content (AvgIpc) is 2.72. The van der Waals surface area contributed by atoms with E-state index in [0.717, 1.165) is 11.9 Å². The Morgan fingerprint density at radius 3 is 2.40 bits per heavy atom. The molecule has 4 nitrogen and oxygen atoms in total. The molecule has 1 fully saturated rings. The van der Waals surface area contributed by atoms with Gasteiger partial charge in [-0.25, -0.2) is 13.4 Å². The third-order valence-corrected chi connectivity index (χ3v) is 4.89. The number of halogens is 3. The van der Waals surface area contributed by atoms with Crippen molar-refractivity contribution in [2.45, 2.75) is 36.4 Å². The van der Waals surface area contributed by atoms with Gasteiger partial charge in [0, 0.05) is 6.54 Å². The highest BCUT2D eigenvalue weighted by atomic mass is 32.2. The second kappa shape index (κ2) is 5.01. The van der Waals surface area contributed by atoms with Crippen molar-refractivity contribution in [1.29, 1.82) is 0 Å². The molecule has 8 heteroatoms. The van der Waals surface area contributed by atoms with Crippen molar-refractivity contribution in [3.8, 4) is 0 Å². The molecule has 0 unspecified atom stereocenters. The molecule has 0 radical (unpaired) electrons. The van der Waals surface area contributed by atoms with Crippen LogP contribution in [-0.4, -0.2) is 31.7 Å². The standard InChI is InChI=1S/C12H15F3N2O2S/c1-11(12(13,14)15)8-5-9-17(11)16-20(18,19)10-6-3-2-4-7-10/h2-4,6-7,16H,5,8-9H2,1H3/t11-/m1/s1. The summed E-state index contributed by atoms with van der Waals surface area (Å²) in [5.74, 6) is 0. The zero-order chi connectivity index (χ0) is 15.0. The van der Waals surface area contributed by atoms with Crippen molar-refractivity contribution in [2.24, 2.45) is 0 Å². The van der Waals surface area contributed by atoms with Gasteiger partial charge in [-0.15, -0.1) is 4.83 Å². The Morgan fingerprint density at radius 1 is 1.25 bits per heavy atom. The molecule has 1 aromatic rings. The van der Waals surface area contributed by atoms with Crippen LogP contribution in [-0.2, 0) is 10.0 Å². The Bertz CT molecular complexity index is 574. The van der Waals surface area contributed by atoms with Crippen LogP contribution in [0.15, 0.2) is 35.2 Å². The summed E-state index contributed by atoms with van der Waals surface area (Å²) in [5.41, 5.74) is -2.17. The molecular weight excluding hydrogens is 293 g/mol. The Morgan fingerprint density at radius 2 is 1.85 bits per heavy atom. The normalized spacial score (nSPS) is 25.0. The summed E-state index contributed by atoms with van der Waals surface area (Å²) in [6, 6.07) is 7.34. The van der Waals surface area contributed by atoms with Gasteiger partial charge in [-0.1, -0.05) is 18.2 Å². The molecule has 1 atom stereocenters. The van der Waals surface area contributed by atoms with Gasteiger partial charge in [0.05, 0.1) is 4.90 Å². The largest absolute Gasteiger partial charge is 0.407 e. The quantitative estimate of drug-likeness (QED) is 0.932. The molecule has 1 aliphatic rings. The molecule has 0 spiro atoms. The van der Waals surface area contributed by atoms with E-state index >= 15 is 0 Å². The maximum absolute atomic E-state index is 13.1.